The predicted octanol–water partition coefficient (Wildman–Crippen LogP) is 2.63. The van der Waals surface area contributed by atoms with E-state index in [0.29, 0.717) is 11.6 Å². The molecule has 0 radical (unpaired) electrons. The minimum Gasteiger partial charge on any atom is -0.376 e. The van der Waals surface area contributed by atoms with Crippen molar-refractivity contribution < 1.29 is 4.74 Å². The quantitative estimate of drug-likeness (QED) is 0.818. The lowest BCUT2D eigenvalue weighted by molar-refractivity contribution is 0.0312. The summed E-state index contributed by atoms with van der Waals surface area (Å²) in [5.41, 5.74) is 1.01. The third-order valence-electron chi connectivity index (χ3n) is 2.89. The fourth-order valence-electron chi connectivity index (χ4n) is 2.10. The first-order valence-corrected chi connectivity index (χ1v) is 6.57. The Morgan fingerprint density at radius 2 is 2.18 bits per heavy atom. The molecule has 0 bridgehead atoms. The lowest BCUT2D eigenvalue weighted by atomic mass is 10.1. The monoisotopic (exact) mass is 259 g/mol. The van der Waals surface area contributed by atoms with Gasteiger partial charge in [0.15, 0.2) is 0 Å². The number of likely N-dealkylation sites (N-methyl/N-ethyl adjacent to an activating group) is 1. The molecule has 0 aliphatic heterocycles. The van der Waals surface area contributed by atoms with Crippen LogP contribution < -0.4 is 5.32 Å². The highest BCUT2D eigenvalue weighted by molar-refractivity contribution is 6.31. The summed E-state index contributed by atoms with van der Waals surface area (Å²) in [5.74, 6) is 0. The maximum absolute atomic E-state index is 6.22. The number of aryl methyl sites for hydroxylation is 1. The van der Waals surface area contributed by atoms with E-state index in [0.717, 1.165) is 18.7 Å². The highest BCUT2D eigenvalue weighted by Crippen LogP contribution is 2.27. The van der Waals surface area contributed by atoms with Gasteiger partial charge in [0.25, 0.3) is 0 Å². The number of nitrogens with one attached hydrogen (secondary N) is 1. The summed E-state index contributed by atoms with van der Waals surface area (Å²) in [6.45, 7) is 7.69. The number of nitrogens with zero attached hydrogens (tertiary/aromatic N) is 2. The first-order chi connectivity index (χ1) is 8.19. The van der Waals surface area contributed by atoms with Crippen LogP contribution in [0.2, 0.25) is 5.02 Å². The summed E-state index contributed by atoms with van der Waals surface area (Å²) in [6, 6.07) is 0.0786. The van der Waals surface area contributed by atoms with Crippen molar-refractivity contribution in [2.24, 2.45) is 0 Å². The summed E-state index contributed by atoms with van der Waals surface area (Å²) in [7, 11) is 1.93. The third-order valence-corrected chi connectivity index (χ3v) is 3.18. The summed E-state index contributed by atoms with van der Waals surface area (Å²) in [6.07, 6.45) is 2.75. The van der Waals surface area contributed by atoms with Crippen LogP contribution in [0.25, 0.3) is 0 Å². The molecule has 4 nitrogen and oxygen atoms in total. The van der Waals surface area contributed by atoms with E-state index in [1.54, 1.807) is 6.20 Å². The highest BCUT2D eigenvalue weighted by atomic mass is 35.5. The van der Waals surface area contributed by atoms with Crippen LogP contribution in [-0.4, -0.2) is 29.5 Å². The Kier molecular flexibility index (Phi) is 5.95. The Morgan fingerprint density at radius 3 is 2.65 bits per heavy atom. The molecule has 0 saturated carbocycles. The van der Waals surface area contributed by atoms with E-state index in [1.807, 2.05) is 18.7 Å². The van der Waals surface area contributed by atoms with Gasteiger partial charge in [-0.15, -0.1) is 0 Å². The molecule has 1 N–H and O–H groups in total. The fourth-order valence-corrected chi connectivity index (χ4v) is 2.35. The molecular formula is C12H22ClN3O. The first kappa shape index (κ1) is 14.5. The minimum atomic E-state index is 0.0786. The first-order valence-electron chi connectivity index (χ1n) is 6.19. The van der Waals surface area contributed by atoms with E-state index in [9.17, 15) is 0 Å². The van der Waals surface area contributed by atoms with Crippen molar-refractivity contribution in [1.82, 2.24) is 15.1 Å². The molecule has 1 aromatic heterocycles. The van der Waals surface area contributed by atoms with Crippen LogP contribution >= 0.6 is 11.6 Å². The number of aromatic nitrogens is 2. The number of hydrogen-bond acceptors (Lipinski definition) is 3. The molecule has 17 heavy (non-hydrogen) atoms. The Hall–Kier alpha value is -0.580. The van der Waals surface area contributed by atoms with Crippen molar-refractivity contribution in [3.05, 3.63) is 16.9 Å². The molecule has 98 valence electrons. The molecular weight excluding hydrogens is 238 g/mol. The summed E-state index contributed by atoms with van der Waals surface area (Å²) in [4.78, 5) is 0. The molecule has 2 unspecified atom stereocenters. The zero-order chi connectivity index (χ0) is 12.8. The third kappa shape index (κ3) is 3.21. The highest BCUT2D eigenvalue weighted by Gasteiger charge is 2.26. The van der Waals surface area contributed by atoms with Crippen molar-refractivity contribution in [3.8, 4) is 0 Å². The van der Waals surface area contributed by atoms with E-state index in [-0.39, 0.29) is 12.1 Å². The Balaban J connectivity index is 3.02. The molecule has 0 fully saturated rings. The molecule has 2 atom stereocenters. The van der Waals surface area contributed by atoms with Gasteiger partial charge in [-0.3, -0.25) is 4.68 Å². The van der Waals surface area contributed by atoms with Gasteiger partial charge in [-0.25, -0.2) is 0 Å². The van der Waals surface area contributed by atoms with E-state index < -0.39 is 0 Å². The second kappa shape index (κ2) is 6.99. The predicted molar refractivity (Wildman–Crippen MR) is 70.4 cm³/mol. The van der Waals surface area contributed by atoms with Crippen LogP contribution in [0, 0.1) is 0 Å². The van der Waals surface area contributed by atoms with E-state index in [1.165, 1.54) is 0 Å². The molecule has 1 aromatic rings. The van der Waals surface area contributed by atoms with Gasteiger partial charge in [0.05, 0.1) is 29.1 Å². The van der Waals surface area contributed by atoms with E-state index in [4.69, 9.17) is 16.3 Å². The lowest BCUT2D eigenvalue weighted by Crippen LogP contribution is -2.33. The van der Waals surface area contributed by atoms with Crippen molar-refractivity contribution in [2.45, 2.75) is 45.9 Å². The number of hydrogen-bond donors (Lipinski definition) is 1. The Bertz CT molecular complexity index is 340. The van der Waals surface area contributed by atoms with E-state index in [2.05, 4.69) is 24.3 Å². The molecule has 0 spiro atoms. The summed E-state index contributed by atoms with van der Waals surface area (Å²) < 4.78 is 7.68. The maximum atomic E-state index is 6.22. The largest absolute Gasteiger partial charge is 0.376 e. The molecule has 0 aliphatic carbocycles. The number of rotatable bonds is 7. The van der Waals surface area contributed by atoms with Crippen molar-refractivity contribution in [1.29, 1.82) is 0 Å². The van der Waals surface area contributed by atoms with Gasteiger partial charge in [-0.2, -0.15) is 5.10 Å². The van der Waals surface area contributed by atoms with Gasteiger partial charge in [-0.05, 0) is 27.3 Å². The summed E-state index contributed by atoms with van der Waals surface area (Å²) >= 11 is 6.22. The second-order valence-corrected chi connectivity index (χ2v) is 4.27. The molecule has 5 heteroatoms. The lowest BCUT2D eigenvalue weighted by Gasteiger charge is -2.26. The fraction of sp³-hybridized carbons (Fsp3) is 0.750. The van der Waals surface area contributed by atoms with Crippen LogP contribution in [0.4, 0.5) is 0 Å². The average molecular weight is 260 g/mol. The molecule has 1 heterocycles. The van der Waals surface area contributed by atoms with E-state index >= 15 is 0 Å². The van der Waals surface area contributed by atoms with Gasteiger partial charge in [-0.1, -0.05) is 18.5 Å². The molecule has 0 aromatic carbocycles. The Morgan fingerprint density at radius 1 is 1.47 bits per heavy atom. The Labute approximate surface area is 108 Å². The zero-order valence-corrected chi connectivity index (χ0v) is 11.8. The van der Waals surface area contributed by atoms with Gasteiger partial charge in [0, 0.05) is 13.2 Å². The van der Waals surface area contributed by atoms with Crippen molar-refractivity contribution >= 4 is 11.6 Å². The van der Waals surface area contributed by atoms with Gasteiger partial charge in [0.1, 0.15) is 0 Å². The molecule has 0 amide bonds. The van der Waals surface area contributed by atoms with Crippen LogP contribution in [0.1, 0.15) is 38.9 Å². The second-order valence-electron chi connectivity index (χ2n) is 3.86. The van der Waals surface area contributed by atoms with Gasteiger partial charge >= 0.3 is 0 Å². The molecule has 1 rings (SSSR count). The van der Waals surface area contributed by atoms with Gasteiger partial charge in [0.2, 0.25) is 0 Å². The average Bonchev–Trinajstić information content (AvgIpc) is 2.71. The van der Waals surface area contributed by atoms with Crippen LogP contribution in [0.3, 0.4) is 0 Å². The topological polar surface area (TPSA) is 39.1 Å². The van der Waals surface area contributed by atoms with Crippen LogP contribution in [0.15, 0.2) is 6.20 Å². The summed E-state index contributed by atoms with van der Waals surface area (Å²) in [5, 5.41) is 8.25. The van der Waals surface area contributed by atoms with Crippen LogP contribution in [-0.2, 0) is 11.3 Å². The zero-order valence-electron chi connectivity index (χ0n) is 11.0. The number of halogens is 1. The maximum Gasteiger partial charge on any atom is 0.0835 e. The molecule has 0 aliphatic rings. The minimum absolute atomic E-state index is 0.0786. The van der Waals surface area contributed by atoms with Gasteiger partial charge < -0.3 is 10.1 Å². The standard InChI is InChI=1S/C12H22ClN3O/c1-5-10(17-7-3)11(14-4)12-9(13)8-15-16(12)6-2/h8,10-11,14H,5-7H2,1-4H3. The van der Waals surface area contributed by atoms with Crippen molar-refractivity contribution in [3.63, 3.8) is 0 Å². The smallest absolute Gasteiger partial charge is 0.0835 e. The molecule has 0 saturated heterocycles. The SMILES string of the molecule is CCOC(CC)C(NC)c1c(Cl)cnn1CC. The number of ether oxygens (including phenoxy) is 1. The van der Waals surface area contributed by atoms with Crippen molar-refractivity contribution in [2.75, 3.05) is 13.7 Å². The normalized spacial score (nSPS) is 14.9. The van der Waals surface area contributed by atoms with Crippen LogP contribution in [0.5, 0.6) is 0 Å².